The molecule has 2 aromatic carbocycles. The molecule has 0 fully saturated rings. The number of fused-ring (bicyclic) bond motifs is 3. The highest BCUT2D eigenvalue weighted by molar-refractivity contribution is 5.88. The normalized spacial score (nSPS) is 14.5. The van der Waals surface area contributed by atoms with Crippen LogP contribution in [0, 0.1) is 0 Å². The van der Waals surface area contributed by atoms with Crippen LogP contribution in [-0.2, 0) is 19.1 Å². The summed E-state index contributed by atoms with van der Waals surface area (Å²) < 4.78 is 11.3. The number of amides is 2. The maximum absolute atomic E-state index is 12.7. The van der Waals surface area contributed by atoms with Gasteiger partial charge in [-0.3, -0.25) is 9.59 Å². The van der Waals surface area contributed by atoms with Crippen molar-refractivity contribution in [2.75, 3.05) is 13.2 Å². The summed E-state index contributed by atoms with van der Waals surface area (Å²) in [5.74, 6) is -1.97. The largest absolute Gasteiger partial charge is 0.480 e. The molecule has 8 heteroatoms. The summed E-state index contributed by atoms with van der Waals surface area (Å²) in [5.41, 5.74) is 3.80. The molecule has 0 aromatic heterocycles. The zero-order chi connectivity index (χ0) is 24.2. The number of hydrogen-bond donors (Lipinski definition) is 3. The van der Waals surface area contributed by atoms with Crippen LogP contribution in [0.25, 0.3) is 11.1 Å². The Balaban J connectivity index is 1.70. The highest BCUT2D eigenvalue weighted by Crippen LogP contribution is 2.44. The lowest BCUT2D eigenvalue weighted by Gasteiger charge is -2.30. The molecule has 0 spiro atoms. The molecule has 0 saturated carbocycles. The molecule has 176 valence electrons. The van der Waals surface area contributed by atoms with E-state index < -0.39 is 42.3 Å². The van der Waals surface area contributed by atoms with Gasteiger partial charge in [-0.1, -0.05) is 48.5 Å². The van der Waals surface area contributed by atoms with Crippen LogP contribution in [0.1, 0.15) is 44.7 Å². The Morgan fingerprint density at radius 3 is 2.06 bits per heavy atom. The van der Waals surface area contributed by atoms with Gasteiger partial charge in [0.2, 0.25) is 5.91 Å². The summed E-state index contributed by atoms with van der Waals surface area (Å²) in [6, 6.07) is 14.8. The molecule has 0 saturated heterocycles. The summed E-state index contributed by atoms with van der Waals surface area (Å²) in [6.45, 7) is 6.64. The van der Waals surface area contributed by atoms with E-state index in [1.54, 1.807) is 6.92 Å². The van der Waals surface area contributed by atoms with E-state index in [0.29, 0.717) is 0 Å². The van der Waals surface area contributed by atoms with E-state index in [0.717, 1.165) is 22.3 Å². The lowest BCUT2D eigenvalue weighted by atomic mass is 9.98. The Bertz CT molecular complexity index is 984. The molecule has 0 aliphatic heterocycles. The molecule has 8 nitrogen and oxygen atoms in total. The first-order valence-corrected chi connectivity index (χ1v) is 10.9. The van der Waals surface area contributed by atoms with Crippen LogP contribution in [-0.4, -0.2) is 54.0 Å². The number of carboxylic acid groups (broad SMARTS) is 1. The van der Waals surface area contributed by atoms with E-state index >= 15 is 0 Å². The SMILES string of the molecule is CC(OC(C)(C)C)C(NC(=O)OCC1c2ccccc2-c2ccccc21)C(=O)NCC(=O)O. The van der Waals surface area contributed by atoms with Crippen LogP contribution >= 0.6 is 0 Å². The van der Waals surface area contributed by atoms with E-state index in [1.165, 1.54) is 0 Å². The smallest absolute Gasteiger partial charge is 0.407 e. The van der Waals surface area contributed by atoms with Crippen LogP contribution in [0.3, 0.4) is 0 Å². The van der Waals surface area contributed by atoms with Gasteiger partial charge in [0.1, 0.15) is 19.2 Å². The highest BCUT2D eigenvalue weighted by Gasteiger charge is 2.33. The predicted molar refractivity (Wildman–Crippen MR) is 123 cm³/mol. The van der Waals surface area contributed by atoms with Crippen molar-refractivity contribution in [1.82, 2.24) is 10.6 Å². The molecule has 3 rings (SSSR count). The molecule has 0 radical (unpaired) electrons. The molecule has 0 bridgehead atoms. The number of carboxylic acids is 1. The fourth-order valence-electron chi connectivity index (χ4n) is 4.06. The van der Waals surface area contributed by atoms with Crippen LogP contribution in [0.15, 0.2) is 48.5 Å². The van der Waals surface area contributed by atoms with E-state index in [4.69, 9.17) is 14.6 Å². The zero-order valence-electron chi connectivity index (χ0n) is 19.3. The average molecular weight is 455 g/mol. The maximum Gasteiger partial charge on any atom is 0.407 e. The molecule has 2 amide bonds. The van der Waals surface area contributed by atoms with Crippen LogP contribution in [0.5, 0.6) is 0 Å². The molecule has 33 heavy (non-hydrogen) atoms. The Hall–Kier alpha value is -3.39. The topological polar surface area (TPSA) is 114 Å². The van der Waals surface area contributed by atoms with Gasteiger partial charge in [0.25, 0.3) is 0 Å². The van der Waals surface area contributed by atoms with Crippen molar-refractivity contribution in [2.45, 2.75) is 51.4 Å². The monoisotopic (exact) mass is 454 g/mol. The minimum Gasteiger partial charge on any atom is -0.480 e. The fraction of sp³-hybridized carbons (Fsp3) is 0.400. The number of benzene rings is 2. The second-order valence-corrected chi connectivity index (χ2v) is 8.99. The highest BCUT2D eigenvalue weighted by atomic mass is 16.6. The summed E-state index contributed by atoms with van der Waals surface area (Å²) in [5, 5.41) is 13.7. The van der Waals surface area contributed by atoms with Gasteiger partial charge in [-0.25, -0.2) is 4.79 Å². The van der Waals surface area contributed by atoms with Crippen molar-refractivity contribution in [1.29, 1.82) is 0 Å². The van der Waals surface area contributed by atoms with Crippen molar-refractivity contribution in [3.63, 3.8) is 0 Å². The third kappa shape index (κ3) is 6.10. The first-order chi connectivity index (χ1) is 15.6. The second kappa shape index (κ2) is 10.0. The van der Waals surface area contributed by atoms with Crippen LogP contribution < -0.4 is 10.6 Å². The van der Waals surface area contributed by atoms with Gasteiger partial charge in [-0.2, -0.15) is 0 Å². The molecule has 2 unspecified atom stereocenters. The standard InChI is InChI=1S/C25H30N2O6/c1-15(33-25(2,3)4)22(23(30)26-13-21(28)29)27-24(31)32-14-20-18-11-7-5-9-16(18)17-10-6-8-12-19(17)20/h5-12,15,20,22H,13-14H2,1-4H3,(H,26,30)(H,27,31)(H,28,29). The number of hydrogen-bond acceptors (Lipinski definition) is 5. The third-order valence-electron chi connectivity index (χ3n) is 5.32. The number of alkyl carbamates (subject to hydrolysis) is 1. The average Bonchev–Trinajstić information content (AvgIpc) is 3.07. The summed E-state index contributed by atoms with van der Waals surface area (Å²) in [6.07, 6.45) is -1.50. The molecule has 1 aliphatic rings. The third-order valence-corrected chi connectivity index (χ3v) is 5.32. The van der Waals surface area contributed by atoms with E-state index in [-0.39, 0.29) is 12.5 Å². The molecule has 3 N–H and O–H groups in total. The lowest BCUT2D eigenvalue weighted by Crippen LogP contribution is -2.55. The first-order valence-electron chi connectivity index (χ1n) is 10.9. The van der Waals surface area contributed by atoms with Gasteiger partial charge in [0.05, 0.1) is 11.7 Å². The Morgan fingerprint density at radius 1 is 1.00 bits per heavy atom. The Kier molecular flexibility index (Phi) is 7.38. The molecule has 2 aromatic rings. The van der Waals surface area contributed by atoms with Gasteiger partial charge in [0.15, 0.2) is 0 Å². The Labute approximate surface area is 193 Å². The second-order valence-electron chi connectivity index (χ2n) is 8.99. The van der Waals surface area contributed by atoms with Crippen molar-refractivity contribution < 1.29 is 29.0 Å². The van der Waals surface area contributed by atoms with E-state index in [9.17, 15) is 14.4 Å². The van der Waals surface area contributed by atoms with Gasteiger partial charge < -0.3 is 25.2 Å². The van der Waals surface area contributed by atoms with Gasteiger partial charge in [0, 0.05) is 5.92 Å². The van der Waals surface area contributed by atoms with E-state index in [1.807, 2.05) is 69.3 Å². The van der Waals surface area contributed by atoms with Crippen LogP contribution in [0.4, 0.5) is 4.79 Å². The van der Waals surface area contributed by atoms with Gasteiger partial charge in [-0.05, 0) is 49.9 Å². The minimum absolute atomic E-state index is 0.0951. The van der Waals surface area contributed by atoms with Crippen molar-refractivity contribution in [3.05, 3.63) is 59.7 Å². The number of aliphatic carboxylic acids is 1. The number of carbonyl (C=O) groups excluding carboxylic acids is 2. The molecule has 2 atom stereocenters. The van der Waals surface area contributed by atoms with Crippen molar-refractivity contribution >= 4 is 18.0 Å². The van der Waals surface area contributed by atoms with E-state index in [2.05, 4.69) is 10.6 Å². The van der Waals surface area contributed by atoms with Gasteiger partial charge in [-0.15, -0.1) is 0 Å². The maximum atomic E-state index is 12.7. The fourth-order valence-corrected chi connectivity index (χ4v) is 4.06. The first kappa shape index (κ1) is 24.3. The predicted octanol–water partition coefficient (Wildman–Crippen LogP) is 3.30. The summed E-state index contributed by atoms with van der Waals surface area (Å²) in [4.78, 5) is 36.1. The number of ether oxygens (including phenoxy) is 2. The number of nitrogens with one attached hydrogen (secondary N) is 2. The molecular formula is C25H30N2O6. The molecule has 0 heterocycles. The summed E-state index contributed by atoms with van der Waals surface area (Å²) >= 11 is 0. The van der Waals surface area contributed by atoms with Crippen molar-refractivity contribution in [3.8, 4) is 11.1 Å². The minimum atomic E-state index is -1.19. The van der Waals surface area contributed by atoms with Gasteiger partial charge >= 0.3 is 12.1 Å². The zero-order valence-corrected chi connectivity index (χ0v) is 19.3. The lowest BCUT2D eigenvalue weighted by molar-refractivity contribution is -0.140. The Morgan fingerprint density at radius 2 is 1.55 bits per heavy atom. The molecular weight excluding hydrogens is 424 g/mol. The summed E-state index contributed by atoms with van der Waals surface area (Å²) in [7, 11) is 0. The van der Waals surface area contributed by atoms with Crippen LogP contribution in [0.2, 0.25) is 0 Å². The number of rotatable bonds is 8. The quantitative estimate of drug-likeness (QED) is 0.564. The molecule has 1 aliphatic carbocycles. The number of carbonyl (C=O) groups is 3. The van der Waals surface area contributed by atoms with Crippen molar-refractivity contribution in [2.24, 2.45) is 0 Å².